The second-order valence-corrected chi connectivity index (χ2v) is 12.7. The fourth-order valence-electron chi connectivity index (χ4n) is 5.77. The number of nitrogens with one attached hydrogen (secondary N) is 1. The van der Waals surface area contributed by atoms with Gasteiger partial charge in [0.25, 0.3) is 0 Å². The number of ether oxygens (including phenoxy) is 1. The van der Waals surface area contributed by atoms with Crippen LogP contribution in [0.5, 0.6) is 5.75 Å². The second kappa shape index (κ2) is 16.2. The number of methoxy groups -OCH3 is 1. The molecule has 2 atom stereocenters. The van der Waals surface area contributed by atoms with Crippen molar-refractivity contribution in [3.63, 3.8) is 0 Å². The number of carboxylic acids is 1. The van der Waals surface area contributed by atoms with Gasteiger partial charge in [-0.3, -0.25) is 4.90 Å². The van der Waals surface area contributed by atoms with E-state index in [1.54, 1.807) is 31.4 Å². The fourth-order valence-corrected chi connectivity index (χ4v) is 7.28. The summed E-state index contributed by atoms with van der Waals surface area (Å²) in [5, 5.41) is 23.6. The van der Waals surface area contributed by atoms with E-state index >= 15 is 0 Å². The van der Waals surface area contributed by atoms with Gasteiger partial charge in [-0.25, -0.2) is 4.79 Å². The Bertz CT molecular complexity index is 1460. The molecule has 1 aliphatic rings. The first-order valence-corrected chi connectivity index (χ1v) is 16.5. The molecule has 0 amide bonds. The largest absolute Gasteiger partial charge is 0.497 e. The summed E-state index contributed by atoms with van der Waals surface area (Å²) in [6.07, 6.45) is -0.648. The van der Waals surface area contributed by atoms with Crippen molar-refractivity contribution in [1.82, 2.24) is 9.80 Å². The number of carbonyl (C=O) groups is 1. The summed E-state index contributed by atoms with van der Waals surface area (Å²) in [6, 6.07) is 34.4. The quantitative estimate of drug-likeness (QED) is 0.102. The van der Waals surface area contributed by atoms with Crippen LogP contribution in [0.25, 0.3) is 0 Å². The molecule has 0 aromatic heterocycles. The van der Waals surface area contributed by atoms with Crippen molar-refractivity contribution in [1.29, 1.82) is 0 Å². The van der Waals surface area contributed by atoms with Crippen LogP contribution >= 0.6 is 23.4 Å². The van der Waals surface area contributed by atoms with E-state index in [2.05, 4.69) is 75.8 Å². The Morgan fingerprint density at radius 2 is 1.51 bits per heavy atom. The number of carboxylic acid groups (broad SMARTS) is 1. The first-order chi connectivity index (χ1) is 21.9. The van der Waals surface area contributed by atoms with Gasteiger partial charge in [0.2, 0.25) is 0 Å². The molecule has 3 N–H and O–H groups in total. The summed E-state index contributed by atoms with van der Waals surface area (Å²) in [5.74, 6) is -0.621. The standard InChI is InChI=1S/C36H40ClN3O4S/c1-44-30-16-13-28(14-17-30)35(34(41)36(42)43)45-32-25-29(37)15-18-31(32)38-19-8-20-39-21-23-40(24-22-39)33(26-9-4-2-5-10-26)27-11-6-3-7-12-27/h2-7,9-18,25,33-35,38,41H,8,19-24H2,1H3,(H,42,43). The molecule has 4 aromatic carbocycles. The number of anilines is 1. The number of hydrogen-bond acceptors (Lipinski definition) is 7. The predicted molar refractivity (Wildman–Crippen MR) is 183 cm³/mol. The van der Waals surface area contributed by atoms with Crippen molar-refractivity contribution in [2.24, 2.45) is 0 Å². The maximum atomic E-state index is 11.8. The van der Waals surface area contributed by atoms with Crippen molar-refractivity contribution >= 4 is 35.0 Å². The topological polar surface area (TPSA) is 85.3 Å². The van der Waals surface area contributed by atoms with Crippen LogP contribution in [-0.2, 0) is 4.79 Å². The molecule has 0 bridgehead atoms. The molecule has 4 aromatic rings. The smallest absolute Gasteiger partial charge is 0.334 e. The third-order valence-electron chi connectivity index (χ3n) is 8.15. The van der Waals surface area contributed by atoms with E-state index in [9.17, 15) is 15.0 Å². The third kappa shape index (κ3) is 8.81. The van der Waals surface area contributed by atoms with E-state index in [1.165, 1.54) is 22.9 Å². The van der Waals surface area contributed by atoms with E-state index < -0.39 is 17.3 Å². The molecular formula is C36H40ClN3O4S. The predicted octanol–water partition coefficient (Wildman–Crippen LogP) is 6.84. The molecule has 7 nitrogen and oxygen atoms in total. The summed E-state index contributed by atoms with van der Waals surface area (Å²) in [7, 11) is 1.57. The second-order valence-electron chi connectivity index (χ2n) is 11.1. The SMILES string of the molecule is COc1ccc(C(Sc2cc(Cl)ccc2NCCCN2CCN(C(c3ccccc3)c3ccccc3)CC2)C(O)C(=O)O)cc1. The molecule has 0 aliphatic carbocycles. The Hall–Kier alpha value is -3.53. The van der Waals surface area contributed by atoms with Crippen LogP contribution in [0.15, 0.2) is 108 Å². The highest BCUT2D eigenvalue weighted by Crippen LogP contribution is 2.42. The van der Waals surface area contributed by atoms with E-state index in [4.69, 9.17) is 16.3 Å². The van der Waals surface area contributed by atoms with Gasteiger partial charge in [-0.1, -0.05) is 84.4 Å². The molecule has 45 heavy (non-hydrogen) atoms. The van der Waals surface area contributed by atoms with Gasteiger partial charge in [-0.05, 0) is 60.0 Å². The Morgan fingerprint density at radius 3 is 2.09 bits per heavy atom. The molecule has 236 valence electrons. The van der Waals surface area contributed by atoms with Gasteiger partial charge >= 0.3 is 5.97 Å². The number of rotatable bonds is 14. The van der Waals surface area contributed by atoms with Crippen molar-refractivity contribution in [3.05, 3.63) is 125 Å². The van der Waals surface area contributed by atoms with Crippen molar-refractivity contribution < 1.29 is 19.7 Å². The molecule has 5 rings (SSSR count). The Labute approximate surface area is 274 Å². The molecule has 1 heterocycles. The molecule has 0 radical (unpaired) electrons. The van der Waals surface area contributed by atoms with Gasteiger partial charge in [0.05, 0.1) is 18.4 Å². The van der Waals surface area contributed by atoms with Gasteiger partial charge in [0, 0.05) is 48.3 Å². The van der Waals surface area contributed by atoms with Crippen LogP contribution in [0.2, 0.25) is 5.02 Å². The summed E-state index contributed by atoms with van der Waals surface area (Å²) < 4.78 is 5.24. The Balaban J connectivity index is 1.17. The lowest BCUT2D eigenvalue weighted by atomic mass is 9.96. The maximum Gasteiger partial charge on any atom is 0.334 e. The van der Waals surface area contributed by atoms with Crippen LogP contribution in [0.4, 0.5) is 5.69 Å². The van der Waals surface area contributed by atoms with Gasteiger partial charge < -0.3 is 25.2 Å². The number of benzene rings is 4. The molecule has 2 unspecified atom stereocenters. The maximum absolute atomic E-state index is 11.8. The molecule has 9 heteroatoms. The van der Waals surface area contributed by atoms with Crippen LogP contribution in [0.1, 0.15) is 34.4 Å². The van der Waals surface area contributed by atoms with E-state index in [0.717, 1.165) is 56.3 Å². The number of aliphatic hydroxyl groups is 1. The minimum atomic E-state index is -1.60. The number of aliphatic hydroxyl groups excluding tert-OH is 1. The first kappa shape index (κ1) is 32.9. The van der Waals surface area contributed by atoms with E-state index in [-0.39, 0.29) is 6.04 Å². The molecule has 1 saturated heterocycles. The summed E-state index contributed by atoms with van der Waals surface area (Å²) in [6.45, 7) is 5.74. The van der Waals surface area contributed by atoms with Crippen LogP contribution in [0.3, 0.4) is 0 Å². The lowest BCUT2D eigenvalue weighted by Gasteiger charge is -2.40. The van der Waals surface area contributed by atoms with E-state index in [1.807, 2.05) is 18.2 Å². The van der Waals surface area contributed by atoms with Crippen molar-refractivity contribution in [2.45, 2.75) is 28.7 Å². The van der Waals surface area contributed by atoms with E-state index in [0.29, 0.717) is 16.3 Å². The minimum Gasteiger partial charge on any atom is -0.497 e. The minimum absolute atomic E-state index is 0.249. The fraction of sp³-hybridized carbons (Fsp3) is 0.306. The number of aliphatic carboxylic acids is 1. The first-order valence-electron chi connectivity index (χ1n) is 15.2. The van der Waals surface area contributed by atoms with Gasteiger partial charge in [-0.15, -0.1) is 11.8 Å². The number of nitrogens with zero attached hydrogens (tertiary/aromatic N) is 2. The number of thioether (sulfide) groups is 1. The van der Waals surface area contributed by atoms with Crippen LogP contribution in [0, 0.1) is 0 Å². The normalized spacial score (nSPS) is 15.5. The number of hydrogen-bond donors (Lipinski definition) is 3. The van der Waals surface area contributed by atoms with Gasteiger partial charge in [0.15, 0.2) is 6.10 Å². The summed E-state index contributed by atoms with van der Waals surface area (Å²) >= 11 is 7.64. The zero-order chi connectivity index (χ0) is 31.6. The monoisotopic (exact) mass is 645 g/mol. The number of piperazine rings is 1. The molecule has 1 fully saturated rings. The highest BCUT2D eigenvalue weighted by molar-refractivity contribution is 7.99. The van der Waals surface area contributed by atoms with Gasteiger partial charge in [0.1, 0.15) is 5.75 Å². The van der Waals surface area contributed by atoms with Crippen LogP contribution < -0.4 is 10.1 Å². The summed E-state index contributed by atoms with van der Waals surface area (Å²) in [5.41, 5.74) is 4.19. The molecule has 0 spiro atoms. The molecule has 0 saturated carbocycles. The Kier molecular flexibility index (Phi) is 11.8. The number of halogens is 1. The highest BCUT2D eigenvalue weighted by Gasteiger charge is 2.30. The average molecular weight is 646 g/mol. The lowest BCUT2D eigenvalue weighted by Crippen LogP contribution is -2.48. The van der Waals surface area contributed by atoms with Crippen molar-refractivity contribution in [3.8, 4) is 5.75 Å². The zero-order valence-corrected chi connectivity index (χ0v) is 27.0. The Morgan fingerprint density at radius 1 is 0.889 bits per heavy atom. The average Bonchev–Trinajstić information content (AvgIpc) is 3.08. The highest BCUT2D eigenvalue weighted by atomic mass is 35.5. The van der Waals surface area contributed by atoms with Crippen LogP contribution in [-0.4, -0.2) is 78.5 Å². The van der Waals surface area contributed by atoms with Crippen molar-refractivity contribution in [2.75, 3.05) is 51.7 Å². The molecule has 1 aliphatic heterocycles. The molecular weight excluding hydrogens is 606 g/mol. The van der Waals surface area contributed by atoms with Gasteiger partial charge in [-0.2, -0.15) is 0 Å². The third-order valence-corrected chi connectivity index (χ3v) is 9.76. The zero-order valence-electron chi connectivity index (χ0n) is 25.4. The lowest BCUT2D eigenvalue weighted by molar-refractivity contribution is -0.146. The summed E-state index contributed by atoms with van der Waals surface area (Å²) in [4.78, 5) is 17.7.